The number of rotatable bonds is 14. The molecule has 1 unspecified atom stereocenters. The van der Waals surface area contributed by atoms with Gasteiger partial charge in [0.25, 0.3) is 5.91 Å². The van der Waals surface area contributed by atoms with Gasteiger partial charge in [-0.2, -0.15) is 0 Å². The Labute approximate surface area is 200 Å². The van der Waals surface area contributed by atoms with Crippen molar-refractivity contribution >= 4 is 34.5 Å². The van der Waals surface area contributed by atoms with Gasteiger partial charge in [-0.3, -0.25) is 4.79 Å². The molecule has 0 spiro atoms. The first-order valence-corrected chi connectivity index (χ1v) is 11.7. The predicted molar refractivity (Wildman–Crippen MR) is 121 cm³/mol. The largest absolute Gasteiger partial charge is 0.507 e. The minimum atomic E-state index is -4.06. The van der Waals surface area contributed by atoms with E-state index in [1.807, 2.05) is 0 Å². The smallest absolute Gasteiger partial charge is 0.339 e. The van der Waals surface area contributed by atoms with E-state index in [-0.39, 0.29) is 35.8 Å². The van der Waals surface area contributed by atoms with Gasteiger partial charge < -0.3 is 35.0 Å². The Morgan fingerprint density at radius 2 is 1.77 bits per heavy atom. The number of carbonyl (C=O) groups excluding carboxylic acids is 3. The number of hydrogen-bond donors (Lipinski definition) is 5. The Morgan fingerprint density at radius 1 is 1.06 bits per heavy atom. The van der Waals surface area contributed by atoms with E-state index < -0.39 is 51.8 Å². The number of carbonyl (C=O) groups is 4. The van der Waals surface area contributed by atoms with E-state index in [1.165, 1.54) is 12.1 Å². The molecular weight excluding hydrogens is 484 g/mol. The van der Waals surface area contributed by atoms with Gasteiger partial charge in [0.2, 0.25) is 10.0 Å². The Balaban J connectivity index is 1.96. The monoisotopic (exact) mass is 508 g/mol. The van der Waals surface area contributed by atoms with Crippen molar-refractivity contribution in [2.45, 2.75) is 17.4 Å². The number of sulfonamides is 1. The van der Waals surface area contributed by atoms with Crippen LogP contribution in [0.5, 0.6) is 11.5 Å². The maximum absolute atomic E-state index is 12.5. The number of phenols is 1. The van der Waals surface area contributed by atoms with Gasteiger partial charge in [0, 0.05) is 6.54 Å². The summed E-state index contributed by atoms with van der Waals surface area (Å²) in [6, 6.07) is 7.70. The summed E-state index contributed by atoms with van der Waals surface area (Å²) in [5.41, 5.74) is -0.492. The zero-order valence-electron chi connectivity index (χ0n) is 18.3. The molecule has 12 nitrogen and oxygen atoms in total. The van der Waals surface area contributed by atoms with Gasteiger partial charge in [-0.15, -0.1) is 0 Å². The van der Waals surface area contributed by atoms with Crippen LogP contribution >= 0.6 is 0 Å². The minimum Gasteiger partial charge on any atom is -0.507 e. The topological polar surface area (TPSA) is 196 Å². The molecule has 13 heteroatoms. The van der Waals surface area contributed by atoms with Crippen LogP contribution in [0.3, 0.4) is 0 Å². The van der Waals surface area contributed by atoms with Crippen LogP contribution in [0.2, 0.25) is 0 Å². The summed E-state index contributed by atoms with van der Waals surface area (Å²) in [6.45, 7) is -0.707. The maximum atomic E-state index is 12.5. The molecule has 0 fully saturated rings. The molecular formula is C22H24N2O10S. The Hall–Kier alpha value is -3.81. The fourth-order valence-corrected chi connectivity index (χ4v) is 3.99. The molecule has 0 saturated carbocycles. The van der Waals surface area contributed by atoms with Crippen molar-refractivity contribution < 1.29 is 47.7 Å². The van der Waals surface area contributed by atoms with Crippen LogP contribution in [0.15, 0.2) is 47.4 Å². The molecule has 0 aliphatic heterocycles. The quantitative estimate of drug-likeness (QED) is 0.170. The van der Waals surface area contributed by atoms with E-state index >= 15 is 0 Å². The maximum Gasteiger partial charge on any atom is 0.339 e. The molecule has 0 heterocycles. The molecule has 5 N–H and O–H groups in total. The first-order valence-electron chi connectivity index (χ1n) is 10.2. The van der Waals surface area contributed by atoms with Gasteiger partial charge in [0.15, 0.2) is 0 Å². The molecule has 0 radical (unpaired) electrons. The van der Waals surface area contributed by atoms with Crippen LogP contribution in [0.4, 0.5) is 0 Å². The first kappa shape index (κ1) is 27.4. The molecule has 188 valence electrons. The zero-order valence-corrected chi connectivity index (χ0v) is 19.1. The van der Waals surface area contributed by atoms with Crippen molar-refractivity contribution in [1.29, 1.82) is 0 Å². The van der Waals surface area contributed by atoms with Crippen molar-refractivity contribution in [2.24, 2.45) is 5.92 Å². The van der Waals surface area contributed by atoms with Crippen LogP contribution in [0, 0.1) is 5.92 Å². The number of nitrogens with one attached hydrogen (secondary N) is 2. The molecule has 2 rings (SSSR count). The third-order valence-corrected chi connectivity index (χ3v) is 6.26. The van der Waals surface area contributed by atoms with E-state index in [0.717, 1.165) is 18.2 Å². The highest BCUT2D eigenvalue weighted by Gasteiger charge is 2.24. The fourth-order valence-electron chi connectivity index (χ4n) is 2.89. The van der Waals surface area contributed by atoms with Crippen LogP contribution in [-0.4, -0.2) is 74.0 Å². The standard InChI is InChI=1S/C22H24N2O10S/c25-11-14(12-26)18(13-27)24-21(29)16-4-1-2-5-20(16)34-9-3-8-23-35(32,33)15-6-7-19(28)17(10-15)22(30)31/h1-2,4-7,10-11,13-14,18,23,26,28H,3,8-9,12H2,(H,24,29)(H,30,31)/t14?,18-/m1/s1. The number of aromatic carboxylic acids is 1. The second kappa shape index (κ2) is 12.6. The highest BCUT2D eigenvalue weighted by Crippen LogP contribution is 2.21. The summed E-state index contributed by atoms with van der Waals surface area (Å²) < 4.78 is 32.6. The predicted octanol–water partition coefficient (Wildman–Crippen LogP) is -0.0575. The summed E-state index contributed by atoms with van der Waals surface area (Å²) in [4.78, 5) is 45.5. The van der Waals surface area contributed by atoms with Gasteiger partial charge in [-0.25, -0.2) is 17.9 Å². The van der Waals surface area contributed by atoms with Gasteiger partial charge in [-0.05, 0) is 36.8 Å². The Morgan fingerprint density at radius 3 is 2.40 bits per heavy atom. The number of para-hydroxylation sites is 1. The number of carboxylic acid groups (broad SMARTS) is 1. The summed E-state index contributed by atoms with van der Waals surface area (Å²) in [5, 5.41) is 30.1. The number of carboxylic acids is 1. The van der Waals surface area contributed by atoms with Crippen LogP contribution in [0.25, 0.3) is 0 Å². The summed E-state index contributed by atoms with van der Waals surface area (Å²) >= 11 is 0. The number of aliphatic hydroxyl groups is 1. The summed E-state index contributed by atoms with van der Waals surface area (Å²) in [7, 11) is -4.06. The molecule has 2 atom stereocenters. The van der Waals surface area contributed by atoms with Crippen molar-refractivity contribution in [2.75, 3.05) is 19.8 Å². The van der Waals surface area contributed by atoms with Crippen LogP contribution in [-0.2, 0) is 19.6 Å². The average Bonchev–Trinajstić information content (AvgIpc) is 2.83. The Bertz CT molecular complexity index is 1180. The minimum absolute atomic E-state index is 0.00647. The van der Waals surface area contributed by atoms with Crippen LogP contribution in [0.1, 0.15) is 27.1 Å². The number of aromatic hydroxyl groups is 1. The normalized spacial score (nSPS) is 12.8. The molecule has 0 aliphatic rings. The molecule has 1 amide bonds. The number of hydrogen-bond acceptors (Lipinski definition) is 9. The van der Waals surface area contributed by atoms with Crippen molar-refractivity contribution in [3.63, 3.8) is 0 Å². The van der Waals surface area contributed by atoms with Crippen molar-refractivity contribution in [1.82, 2.24) is 10.0 Å². The van der Waals surface area contributed by atoms with E-state index in [4.69, 9.17) is 14.9 Å². The lowest BCUT2D eigenvalue weighted by Gasteiger charge is -2.18. The summed E-state index contributed by atoms with van der Waals surface area (Å²) in [5.74, 6) is -3.70. The van der Waals surface area contributed by atoms with E-state index in [0.29, 0.717) is 12.6 Å². The lowest BCUT2D eigenvalue weighted by Crippen LogP contribution is -2.43. The van der Waals surface area contributed by atoms with E-state index in [9.17, 15) is 32.7 Å². The fraction of sp³-hybridized carbons (Fsp3) is 0.273. The van der Waals surface area contributed by atoms with Crippen molar-refractivity contribution in [3.05, 3.63) is 53.6 Å². The highest BCUT2D eigenvalue weighted by molar-refractivity contribution is 7.89. The van der Waals surface area contributed by atoms with Gasteiger partial charge in [0.05, 0.1) is 35.6 Å². The number of aldehydes is 2. The SMILES string of the molecule is O=CC(CO)[C@@H](C=O)NC(=O)c1ccccc1OCCCNS(=O)(=O)c1ccc(O)c(C(=O)O)c1. The summed E-state index contributed by atoms with van der Waals surface area (Å²) in [6.07, 6.45) is 0.882. The number of ether oxygens (including phenoxy) is 1. The van der Waals surface area contributed by atoms with E-state index in [1.54, 1.807) is 12.1 Å². The van der Waals surface area contributed by atoms with E-state index in [2.05, 4.69) is 10.0 Å². The average molecular weight is 509 g/mol. The number of amides is 1. The zero-order chi connectivity index (χ0) is 26.0. The lowest BCUT2D eigenvalue weighted by atomic mass is 10.0. The van der Waals surface area contributed by atoms with Crippen LogP contribution < -0.4 is 14.8 Å². The highest BCUT2D eigenvalue weighted by atomic mass is 32.2. The molecule has 2 aromatic carbocycles. The molecule has 0 bridgehead atoms. The van der Waals surface area contributed by atoms with Gasteiger partial charge >= 0.3 is 5.97 Å². The molecule has 0 aromatic heterocycles. The first-order chi connectivity index (χ1) is 16.6. The molecule has 0 saturated heterocycles. The molecule has 35 heavy (non-hydrogen) atoms. The number of benzene rings is 2. The molecule has 2 aromatic rings. The van der Waals surface area contributed by atoms with Gasteiger partial charge in [0.1, 0.15) is 29.6 Å². The third-order valence-electron chi connectivity index (χ3n) is 4.80. The number of aliphatic hydroxyl groups excluding tert-OH is 1. The molecule has 0 aliphatic carbocycles. The Kier molecular flexibility index (Phi) is 9.87. The van der Waals surface area contributed by atoms with Crippen molar-refractivity contribution in [3.8, 4) is 11.5 Å². The third kappa shape index (κ3) is 7.34. The second-order valence-corrected chi connectivity index (χ2v) is 8.96. The second-order valence-electron chi connectivity index (χ2n) is 7.20. The van der Waals surface area contributed by atoms with Gasteiger partial charge in [-0.1, -0.05) is 12.1 Å². The lowest BCUT2D eigenvalue weighted by molar-refractivity contribution is -0.118.